The van der Waals surface area contributed by atoms with E-state index in [1.165, 1.54) is 40.7 Å². The van der Waals surface area contributed by atoms with Crippen molar-refractivity contribution in [3.63, 3.8) is 0 Å². The first-order chi connectivity index (χ1) is 16.0. The van der Waals surface area contributed by atoms with E-state index < -0.39 is 5.82 Å². The Balaban J connectivity index is 1.32. The number of hydrogen-bond donors (Lipinski definition) is 2. The van der Waals surface area contributed by atoms with Crippen molar-refractivity contribution in [2.24, 2.45) is 0 Å². The first kappa shape index (κ1) is 21.9. The molecule has 0 unspecified atom stereocenters. The Bertz CT molecular complexity index is 1170. The SMILES string of the molecule is C[C@H]1CNCCN1c1ccc(Nc2ncc3c(n2)SCN(c2c(F)cccc2Cl)C3=O)cc1. The highest BCUT2D eigenvalue weighted by molar-refractivity contribution is 7.99. The van der Waals surface area contributed by atoms with E-state index in [0.717, 1.165) is 25.3 Å². The standard InChI is InChI=1S/C23H22ClFN6OS/c1-14-11-26-9-10-30(14)16-7-5-15(6-8-16)28-23-27-12-17-21(29-23)33-13-31(22(17)32)20-18(24)3-2-4-19(20)25/h2-8,12,14,26H,9-11,13H2,1H3,(H,27,28,29)/t14-/m0/s1. The molecule has 1 atom stereocenters. The molecule has 0 bridgehead atoms. The van der Waals surface area contributed by atoms with Gasteiger partial charge in [0.05, 0.1) is 22.2 Å². The van der Waals surface area contributed by atoms with E-state index in [4.69, 9.17) is 11.6 Å². The number of aromatic nitrogens is 2. The largest absolute Gasteiger partial charge is 0.366 e. The van der Waals surface area contributed by atoms with Crippen LogP contribution in [0.15, 0.2) is 53.7 Å². The number of fused-ring (bicyclic) bond motifs is 1. The number of nitrogens with one attached hydrogen (secondary N) is 2. The van der Waals surface area contributed by atoms with Gasteiger partial charge in [-0.05, 0) is 43.3 Å². The summed E-state index contributed by atoms with van der Waals surface area (Å²) in [4.78, 5) is 25.5. The third-order valence-corrected chi connectivity index (χ3v) is 7.00. The van der Waals surface area contributed by atoms with Crippen LogP contribution >= 0.6 is 23.4 Å². The van der Waals surface area contributed by atoms with Crippen LogP contribution in [-0.4, -0.2) is 47.4 Å². The molecule has 2 aromatic carbocycles. The minimum Gasteiger partial charge on any atom is -0.366 e. The molecule has 0 aliphatic carbocycles. The van der Waals surface area contributed by atoms with Crippen molar-refractivity contribution < 1.29 is 9.18 Å². The Labute approximate surface area is 200 Å². The lowest BCUT2D eigenvalue weighted by Gasteiger charge is -2.36. The van der Waals surface area contributed by atoms with Crippen molar-refractivity contribution in [3.8, 4) is 0 Å². The van der Waals surface area contributed by atoms with Crippen molar-refractivity contribution in [1.29, 1.82) is 0 Å². The van der Waals surface area contributed by atoms with E-state index >= 15 is 0 Å². The summed E-state index contributed by atoms with van der Waals surface area (Å²) >= 11 is 7.48. The van der Waals surface area contributed by atoms with E-state index in [0.29, 0.717) is 22.6 Å². The summed E-state index contributed by atoms with van der Waals surface area (Å²) in [6.45, 7) is 5.13. The minimum absolute atomic E-state index is 0.0726. The molecular formula is C23H22ClFN6OS. The number of carbonyl (C=O) groups is 1. The molecule has 33 heavy (non-hydrogen) atoms. The lowest BCUT2D eigenvalue weighted by Crippen LogP contribution is -2.49. The summed E-state index contributed by atoms with van der Waals surface area (Å²) < 4.78 is 14.3. The van der Waals surface area contributed by atoms with Gasteiger partial charge in [0.2, 0.25) is 5.95 Å². The highest BCUT2D eigenvalue weighted by Crippen LogP contribution is 2.37. The molecule has 3 heterocycles. The van der Waals surface area contributed by atoms with Gasteiger partial charge in [-0.1, -0.05) is 29.4 Å². The molecule has 2 N–H and O–H groups in total. The van der Waals surface area contributed by atoms with Gasteiger partial charge in [-0.3, -0.25) is 9.69 Å². The Morgan fingerprint density at radius 1 is 1.24 bits per heavy atom. The van der Waals surface area contributed by atoms with Crippen LogP contribution in [-0.2, 0) is 0 Å². The fraction of sp³-hybridized carbons (Fsp3) is 0.261. The summed E-state index contributed by atoms with van der Waals surface area (Å²) in [5.74, 6) is -0.315. The molecule has 0 spiro atoms. The molecule has 2 aliphatic rings. The Hall–Kier alpha value is -2.88. The zero-order valence-electron chi connectivity index (χ0n) is 17.9. The number of amides is 1. The van der Waals surface area contributed by atoms with Gasteiger partial charge in [0.1, 0.15) is 10.8 Å². The van der Waals surface area contributed by atoms with Crippen molar-refractivity contribution in [2.45, 2.75) is 18.0 Å². The number of para-hydroxylation sites is 1. The zero-order chi connectivity index (χ0) is 22.9. The second-order valence-electron chi connectivity index (χ2n) is 7.91. The third-order valence-electron chi connectivity index (χ3n) is 5.72. The Kier molecular flexibility index (Phi) is 6.09. The van der Waals surface area contributed by atoms with Crippen LogP contribution in [0.3, 0.4) is 0 Å². The molecule has 170 valence electrons. The summed E-state index contributed by atoms with van der Waals surface area (Å²) in [6.07, 6.45) is 1.47. The number of hydrogen-bond acceptors (Lipinski definition) is 7. The summed E-state index contributed by atoms with van der Waals surface area (Å²) in [5.41, 5.74) is 2.42. The molecule has 10 heteroatoms. The summed E-state index contributed by atoms with van der Waals surface area (Å²) in [6, 6.07) is 12.9. The monoisotopic (exact) mass is 484 g/mol. The quantitative estimate of drug-likeness (QED) is 0.527. The second kappa shape index (κ2) is 9.17. The molecule has 0 saturated carbocycles. The molecule has 0 radical (unpaired) electrons. The van der Waals surface area contributed by atoms with Gasteiger partial charge in [-0.15, -0.1) is 0 Å². The van der Waals surface area contributed by atoms with Crippen LogP contribution in [0, 0.1) is 5.82 Å². The van der Waals surface area contributed by atoms with Crippen LogP contribution in [0.2, 0.25) is 5.02 Å². The van der Waals surface area contributed by atoms with E-state index in [9.17, 15) is 9.18 Å². The van der Waals surface area contributed by atoms with Crippen molar-refractivity contribution >= 4 is 52.3 Å². The van der Waals surface area contributed by atoms with Gasteiger partial charge in [0.25, 0.3) is 5.91 Å². The first-order valence-corrected chi connectivity index (χ1v) is 12.0. The fourth-order valence-corrected chi connectivity index (χ4v) is 5.23. The fourth-order valence-electron chi connectivity index (χ4n) is 4.02. The second-order valence-corrected chi connectivity index (χ2v) is 9.25. The average molecular weight is 485 g/mol. The molecule has 3 aromatic rings. The van der Waals surface area contributed by atoms with Crippen LogP contribution in [0.1, 0.15) is 17.3 Å². The molecule has 1 fully saturated rings. The molecule has 5 rings (SSSR count). The lowest BCUT2D eigenvalue weighted by atomic mass is 10.1. The van der Waals surface area contributed by atoms with Crippen LogP contribution in [0.5, 0.6) is 0 Å². The van der Waals surface area contributed by atoms with Gasteiger partial charge in [0, 0.05) is 43.2 Å². The minimum atomic E-state index is -0.544. The molecule has 7 nitrogen and oxygen atoms in total. The number of benzene rings is 2. The van der Waals surface area contributed by atoms with E-state index in [-0.39, 0.29) is 22.5 Å². The number of halogens is 2. The number of piperazine rings is 1. The number of nitrogens with zero attached hydrogens (tertiary/aromatic N) is 4. The molecule has 1 aromatic heterocycles. The number of thioether (sulfide) groups is 1. The highest BCUT2D eigenvalue weighted by Gasteiger charge is 2.31. The van der Waals surface area contributed by atoms with E-state index in [1.54, 1.807) is 6.07 Å². The normalized spacial score (nSPS) is 18.3. The van der Waals surface area contributed by atoms with Crippen molar-refractivity contribution in [3.05, 3.63) is 65.1 Å². The van der Waals surface area contributed by atoms with E-state index in [2.05, 4.69) is 44.6 Å². The predicted molar refractivity (Wildman–Crippen MR) is 130 cm³/mol. The highest BCUT2D eigenvalue weighted by atomic mass is 35.5. The summed E-state index contributed by atoms with van der Waals surface area (Å²) in [5, 5.41) is 7.33. The topological polar surface area (TPSA) is 73.4 Å². The maximum absolute atomic E-state index is 14.3. The Morgan fingerprint density at radius 3 is 2.82 bits per heavy atom. The van der Waals surface area contributed by atoms with Crippen molar-refractivity contribution in [1.82, 2.24) is 15.3 Å². The van der Waals surface area contributed by atoms with Crippen LogP contribution < -0.4 is 20.4 Å². The first-order valence-electron chi connectivity index (χ1n) is 10.6. The van der Waals surface area contributed by atoms with Gasteiger partial charge in [-0.2, -0.15) is 0 Å². The Morgan fingerprint density at radius 2 is 2.06 bits per heavy atom. The smallest absolute Gasteiger partial charge is 0.263 e. The average Bonchev–Trinajstić information content (AvgIpc) is 2.81. The summed E-state index contributed by atoms with van der Waals surface area (Å²) in [7, 11) is 0. The maximum atomic E-state index is 14.3. The number of rotatable bonds is 4. The van der Waals surface area contributed by atoms with Crippen LogP contribution in [0.4, 0.5) is 27.4 Å². The maximum Gasteiger partial charge on any atom is 0.263 e. The number of anilines is 4. The zero-order valence-corrected chi connectivity index (χ0v) is 19.5. The molecule has 1 amide bonds. The van der Waals surface area contributed by atoms with Crippen molar-refractivity contribution in [2.75, 3.05) is 40.6 Å². The predicted octanol–water partition coefficient (Wildman–Crippen LogP) is 4.52. The van der Waals surface area contributed by atoms with Gasteiger partial charge >= 0.3 is 0 Å². The molecule has 1 saturated heterocycles. The van der Waals surface area contributed by atoms with Gasteiger partial charge < -0.3 is 15.5 Å². The lowest BCUT2D eigenvalue weighted by molar-refractivity contribution is 0.0985. The molecular weight excluding hydrogens is 463 g/mol. The van der Waals surface area contributed by atoms with E-state index in [1.807, 2.05) is 12.1 Å². The van der Waals surface area contributed by atoms with Crippen LogP contribution in [0.25, 0.3) is 0 Å². The van der Waals surface area contributed by atoms with Gasteiger partial charge in [0.15, 0.2) is 0 Å². The number of carbonyl (C=O) groups excluding carboxylic acids is 1. The molecule has 2 aliphatic heterocycles. The van der Waals surface area contributed by atoms with Gasteiger partial charge in [-0.25, -0.2) is 14.4 Å². The third kappa shape index (κ3) is 4.36.